The largest absolute Gasteiger partial charge is 0.481 e. The Balaban J connectivity index is 1.63. The molecule has 1 aromatic carbocycles. The van der Waals surface area contributed by atoms with Gasteiger partial charge in [0.25, 0.3) is 5.91 Å². The highest BCUT2D eigenvalue weighted by Gasteiger charge is 2.17. The van der Waals surface area contributed by atoms with E-state index in [2.05, 4.69) is 39.3 Å². The van der Waals surface area contributed by atoms with Crippen LogP contribution in [0.25, 0.3) is 11.5 Å². The van der Waals surface area contributed by atoms with Gasteiger partial charge >= 0.3 is 0 Å². The number of aromatic amines is 1. The van der Waals surface area contributed by atoms with Crippen LogP contribution in [0.3, 0.4) is 0 Å². The summed E-state index contributed by atoms with van der Waals surface area (Å²) in [6.45, 7) is 5.90. The molecule has 0 bridgehead atoms. The molecule has 0 saturated carbocycles. The first-order valence-electron chi connectivity index (χ1n) is 8.44. The predicted octanol–water partition coefficient (Wildman–Crippen LogP) is 3.40. The smallest absolute Gasteiger partial charge is 0.267 e. The van der Waals surface area contributed by atoms with E-state index in [-0.39, 0.29) is 11.9 Å². The molecule has 0 aliphatic heterocycles. The fraction of sp³-hybridized carbons (Fsp3) is 0.263. The third-order valence-corrected chi connectivity index (χ3v) is 3.83. The van der Waals surface area contributed by atoms with Crippen LogP contribution in [-0.2, 0) is 4.79 Å². The number of anilines is 1. The quantitative estimate of drug-likeness (QED) is 0.710. The lowest BCUT2D eigenvalue weighted by Gasteiger charge is -2.15. The Bertz CT molecular complexity index is 876. The van der Waals surface area contributed by atoms with Gasteiger partial charge in [-0.15, -0.1) is 5.10 Å². The third kappa shape index (κ3) is 4.24. The van der Waals surface area contributed by atoms with Crippen molar-refractivity contribution in [3.05, 3.63) is 54.2 Å². The Morgan fingerprint density at radius 2 is 2.00 bits per heavy atom. The van der Waals surface area contributed by atoms with Crippen molar-refractivity contribution in [2.45, 2.75) is 32.8 Å². The van der Waals surface area contributed by atoms with Crippen molar-refractivity contribution < 1.29 is 9.53 Å². The second kappa shape index (κ2) is 7.77. The molecule has 2 heterocycles. The van der Waals surface area contributed by atoms with Gasteiger partial charge in [0, 0.05) is 6.20 Å². The van der Waals surface area contributed by atoms with Crippen LogP contribution in [0.15, 0.2) is 48.7 Å². The molecule has 2 N–H and O–H groups in total. The summed E-state index contributed by atoms with van der Waals surface area (Å²) in [5.74, 6) is 1.39. The van der Waals surface area contributed by atoms with Crippen molar-refractivity contribution in [1.29, 1.82) is 0 Å². The van der Waals surface area contributed by atoms with E-state index in [1.165, 1.54) is 0 Å². The molecule has 1 atom stereocenters. The summed E-state index contributed by atoms with van der Waals surface area (Å²) < 4.78 is 5.74. The van der Waals surface area contributed by atoms with Gasteiger partial charge in [0.1, 0.15) is 11.4 Å². The molecule has 3 aromatic rings. The monoisotopic (exact) mass is 351 g/mol. The molecule has 0 aliphatic carbocycles. The zero-order valence-electron chi connectivity index (χ0n) is 14.9. The van der Waals surface area contributed by atoms with E-state index >= 15 is 0 Å². The molecule has 7 heteroatoms. The molecule has 0 fully saturated rings. The number of rotatable bonds is 6. The predicted molar refractivity (Wildman–Crippen MR) is 98.9 cm³/mol. The first-order chi connectivity index (χ1) is 12.5. The van der Waals surface area contributed by atoms with E-state index < -0.39 is 6.10 Å². The summed E-state index contributed by atoms with van der Waals surface area (Å²) in [5, 5.41) is 9.40. The van der Waals surface area contributed by atoms with E-state index in [1.54, 1.807) is 19.2 Å². The highest BCUT2D eigenvalue weighted by molar-refractivity contribution is 5.92. The molecular formula is C19H21N5O2. The summed E-state index contributed by atoms with van der Waals surface area (Å²) in [6, 6.07) is 13.2. The Kier molecular flexibility index (Phi) is 5.26. The van der Waals surface area contributed by atoms with Crippen molar-refractivity contribution in [1.82, 2.24) is 20.2 Å². The molecule has 0 saturated heterocycles. The second-order valence-corrected chi connectivity index (χ2v) is 6.20. The maximum atomic E-state index is 12.3. The highest BCUT2D eigenvalue weighted by atomic mass is 16.5. The number of carbonyl (C=O) groups excluding carboxylic acids is 1. The van der Waals surface area contributed by atoms with Crippen molar-refractivity contribution in [3.63, 3.8) is 0 Å². The molecule has 3 rings (SSSR count). The maximum absolute atomic E-state index is 12.3. The molecule has 1 unspecified atom stereocenters. The molecule has 134 valence electrons. The average Bonchev–Trinajstić information content (AvgIpc) is 3.11. The number of hydrogen-bond acceptors (Lipinski definition) is 5. The van der Waals surface area contributed by atoms with Crippen LogP contribution in [0.1, 0.15) is 32.3 Å². The third-order valence-electron chi connectivity index (χ3n) is 3.83. The van der Waals surface area contributed by atoms with Crippen molar-refractivity contribution in [2.75, 3.05) is 5.32 Å². The van der Waals surface area contributed by atoms with Crippen LogP contribution >= 0.6 is 0 Å². The van der Waals surface area contributed by atoms with Crippen molar-refractivity contribution >= 4 is 11.9 Å². The molecule has 26 heavy (non-hydrogen) atoms. The van der Waals surface area contributed by atoms with E-state index in [0.29, 0.717) is 23.2 Å². The van der Waals surface area contributed by atoms with Gasteiger partial charge in [-0.25, -0.2) is 0 Å². The molecule has 1 amide bonds. The molecular weight excluding hydrogens is 330 g/mol. The van der Waals surface area contributed by atoms with Gasteiger partial charge in [0.2, 0.25) is 5.95 Å². The average molecular weight is 351 g/mol. The number of H-pyrrole nitrogens is 1. The number of nitrogens with one attached hydrogen (secondary N) is 2. The first kappa shape index (κ1) is 17.6. The van der Waals surface area contributed by atoms with Gasteiger partial charge in [-0.1, -0.05) is 32.0 Å². The maximum Gasteiger partial charge on any atom is 0.267 e. The molecule has 0 radical (unpaired) electrons. The van der Waals surface area contributed by atoms with E-state index in [0.717, 1.165) is 5.56 Å². The lowest BCUT2D eigenvalue weighted by molar-refractivity contribution is -0.122. The number of hydrogen-bond donors (Lipinski definition) is 2. The van der Waals surface area contributed by atoms with E-state index in [1.807, 2.05) is 36.4 Å². The number of amides is 1. The summed E-state index contributed by atoms with van der Waals surface area (Å²) in [4.78, 5) is 20.7. The van der Waals surface area contributed by atoms with E-state index in [9.17, 15) is 4.79 Å². The second-order valence-electron chi connectivity index (χ2n) is 6.20. The summed E-state index contributed by atoms with van der Waals surface area (Å²) in [7, 11) is 0. The molecule has 7 nitrogen and oxygen atoms in total. The minimum Gasteiger partial charge on any atom is -0.481 e. The fourth-order valence-electron chi connectivity index (χ4n) is 2.35. The van der Waals surface area contributed by atoms with Crippen LogP contribution in [0.2, 0.25) is 0 Å². The van der Waals surface area contributed by atoms with Gasteiger partial charge < -0.3 is 4.74 Å². The summed E-state index contributed by atoms with van der Waals surface area (Å²) in [6.07, 6.45) is 0.978. The Morgan fingerprint density at radius 3 is 2.73 bits per heavy atom. The number of carbonyl (C=O) groups is 1. The number of pyridine rings is 1. The summed E-state index contributed by atoms with van der Waals surface area (Å²) >= 11 is 0. The first-order valence-corrected chi connectivity index (χ1v) is 8.44. The van der Waals surface area contributed by atoms with Gasteiger partial charge in [-0.3, -0.25) is 20.2 Å². The lowest BCUT2D eigenvalue weighted by Crippen LogP contribution is -2.30. The minimum atomic E-state index is -0.686. The SMILES string of the molecule is CC(Oc1cccc(C(C)C)c1)C(=O)Nc1n[nH]c(-c2ccccn2)n1. The van der Waals surface area contributed by atoms with Crippen LogP contribution in [0, 0.1) is 0 Å². The van der Waals surface area contributed by atoms with Crippen LogP contribution in [-0.4, -0.2) is 32.2 Å². The van der Waals surface area contributed by atoms with Gasteiger partial charge in [-0.2, -0.15) is 4.98 Å². The van der Waals surface area contributed by atoms with Gasteiger partial charge in [0.15, 0.2) is 11.9 Å². The van der Waals surface area contributed by atoms with Crippen molar-refractivity contribution in [3.8, 4) is 17.3 Å². The summed E-state index contributed by atoms with van der Waals surface area (Å²) in [5.41, 5.74) is 1.80. The molecule has 0 aliphatic rings. The Morgan fingerprint density at radius 1 is 1.15 bits per heavy atom. The number of ether oxygens (including phenoxy) is 1. The zero-order chi connectivity index (χ0) is 18.5. The lowest BCUT2D eigenvalue weighted by atomic mass is 10.0. The van der Waals surface area contributed by atoms with Crippen LogP contribution in [0.5, 0.6) is 5.75 Å². The van der Waals surface area contributed by atoms with Crippen LogP contribution in [0.4, 0.5) is 5.95 Å². The minimum absolute atomic E-state index is 0.182. The van der Waals surface area contributed by atoms with Gasteiger partial charge in [-0.05, 0) is 42.7 Å². The number of benzene rings is 1. The fourth-order valence-corrected chi connectivity index (χ4v) is 2.35. The van der Waals surface area contributed by atoms with Crippen molar-refractivity contribution in [2.24, 2.45) is 0 Å². The van der Waals surface area contributed by atoms with Crippen LogP contribution < -0.4 is 10.1 Å². The molecule has 2 aromatic heterocycles. The van der Waals surface area contributed by atoms with Gasteiger partial charge in [0.05, 0.1) is 0 Å². The normalized spacial score (nSPS) is 12.0. The Labute approximate surface area is 151 Å². The standard InChI is InChI=1S/C19H21N5O2/c1-12(2)14-7-6-8-15(11-14)26-13(3)18(25)22-19-21-17(23-24-19)16-9-4-5-10-20-16/h4-13H,1-3H3,(H2,21,22,23,24,25). The number of aromatic nitrogens is 4. The highest BCUT2D eigenvalue weighted by Crippen LogP contribution is 2.21. The Hall–Kier alpha value is -3.22. The topological polar surface area (TPSA) is 92.8 Å². The molecule has 0 spiro atoms. The zero-order valence-corrected chi connectivity index (χ0v) is 14.9. The van der Waals surface area contributed by atoms with E-state index in [4.69, 9.17) is 4.74 Å². The number of nitrogens with zero attached hydrogens (tertiary/aromatic N) is 3.